The van der Waals surface area contributed by atoms with Gasteiger partial charge in [-0.2, -0.15) is 5.26 Å². The van der Waals surface area contributed by atoms with Crippen LogP contribution in [-0.2, 0) is 19.3 Å². The van der Waals surface area contributed by atoms with E-state index < -0.39 is 0 Å². The first-order chi connectivity index (χ1) is 14.1. The number of hydrogen-bond acceptors (Lipinski definition) is 5. The number of nitrogens with two attached hydrogens (primary N) is 1. The molecule has 1 saturated heterocycles. The Labute approximate surface area is 174 Å². The number of nitrogen functional groups attached to an aromatic ring is 1. The number of fused-ring (bicyclic) bond motifs is 2. The van der Waals surface area contributed by atoms with E-state index in [9.17, 15) is 5.26 Å². The van der Waals surface area contributed by atoms with Gasteiger partial charge in [-0.05, 0) is 48.8 Å². The summed E-state index contributed by atoms with van der Waals surface area (Å²) >= 11 is 0. The molecule has 2 heterocycles. The molecule has 4 rings (SSSR count). The second-order valence-electron chi connectivity index (χ2n) is 8.47. The highest BCUT2D eigenvalue weighted by atomic mass is 15.2. The van der Waals surface area contributed by atoms with Gasteiger partial charge in [0.15, 0.2) is 0 Å². The van der Waals surface area contributed by atoms with Crippen molar-refractivity contribution in [3.05, 3.63) is 45.9 Å². The Kier molecular flexibility index (Phi) is 5.71. The van der Waals surface area contributed by atoms with Gasteiger partial charge in [-0.15, -0.1) is 0 Å². The van der Waals surface area contributed by atoms with Crippen LogP contribution < -0.4 is 10.6 Å². The number of aromatic nitrogens is 2. The number of aryl methyl sites for hydroxylation is 1. The lowest BCUT2D eigenvalue weighted by Crippen LogP contribution is -2.39. The molecule has 1 fully saturated rings. The Bertz CT molecular complexity index is 939. The monoisotopic (exact) mass is 389 g/mol. The number of hydrogen-bond donors (Lipinski definition) is 1. The summed E-state index contributed by atoms with van der Waals surface area (Å²) in [5.41, 5.74) is 12.1. The molecule has 29 heavy (non-hydrogen) atoms. The average molecular weight is 390 g/mol. The standard InChI is InChI=1S/C24H31N5/c1-3-23-27-22-14-19-17(10-11-21(26)20(19)15-25)16(2)8-5-4-6-9-18(22)24(28-23)29-12-7-13-29/h10-11,16H,3-9,12-14,26H2,1-2H3. The summed E-state index contributed by atoms with van der Waals surface area (Å²) in [5.74, 6) is 2.45. The van der Waals surface area contributed by atoms with Gasteiger partial charge in [0, 0.05) is 37.2 Å². The highest BCUT2D eigenvalue weighted by molar-refractivity contribution is 5.62. The van der Waals surface area contributed by atoms with Crippen molar-refractivity contribution in [3.63, 3.8) is 0 Å². The van der Waals surface area contributed by atoms with E-state index in [1.54, 1.807) is 0 Å². The van der Waals surface area contributed by atoms with Crippen molar-refractivity contribution in [2.24, 2.45) is 0 Å². The van der Waals surface area contributed by atoms with E-state index in [1.165, 1.54) is 36.8 Å². The zero-order chi connectivity index (χ0) is 20.4. The molecule has 1 aromatic carbocycles. The fourth-order valence-electron chi connectivity index (χ4n) is 4.64. The molecule has 2 aromatic rings. The van der Waals surface area contributed by atoms with Crippen molar-refractivity contribution in [2.45, 2.75) is 71.1 Å². The van der Waals surface area contributed by atoms with Crippen LogP contribution in [0.4, 0.5) is 11.5 Å². The molecular formula is C24H31N5. The van der Waals surface area contributed by atoms with Crippen LogP contribution in [0.25, 0.3) is 0 Å². The summed E-state index contributed by atoms with van der Waals surface area (Å²) in [7, 11) is 0. The van der Waals surface area contributed by atoms with Crippen molar-refractivity contribution in [2.75, 3.05) is 23.7 Å². The molecule has 5 nitrogen and oxygen atoms in total. The Morgan fingerprint density at radius 2 is 1.97 bits per heavy atom. The number of nitrogens with zero attached hydrogens (tertiary/aromatic N) is 4. The molecule has 1 aromatic heterocycles. The van der Waals surface area contributed by atoms with Crippen LogP contribution in [0.15, 0.2) is 12.1 Å². The highest BCUT2D eigenvalue weighted by Crippen LogP contribution is 2.35. The molecule has 1 atom stereocenters. The van der Waals surface area contributed by atoms with Crippen molar-refractivity contribution in [1.82, 2.24) is 9.97 Å². The second-order valence-corrected chi connectivity index (χ2v) is 8.47. The fraction of sp³-hybridized carbons (Fsp3) is 0.542. The van der Waals surface area contributed by atoms with Crippen molar-refractivity contribution in [3.8, 4) is 6.07 Å². The molecule has 0 radical (unpaired) electrons. The SMILES string of the molecule is CCc1nc2c(c(N3CCC3)n1)CCCCCC(C)c1ccc(N)c(C#N)c1C2. The largest absolute Gasteiger partial charge is 0.398 e. The van der Waals surface area contributed by atoms with Gasteiger partial charge in [0.2, 0.25) is 0 Å². The second kappa shape index (κ2) is 8.41. The zero-order valence-corrected chi connectivity index (χ0v) is 17.7. The first-order valence-electron chi connectivity index (χ1n) is 11.1. The summed E-state index contributed by atoms with van der Waals surface area (Å²) in [5, 5.41) is 9.87. The maximum atomic E-state index is 9.87. The lowest BCUT2D eigenvalue weighted by Gasteiger charge is -2.34. The smallest absolute Gasteiger partial charge is 0.135 e. The van der Waals surface area contributed by atoms with E-state index in [0.29, 0.717) is 23.6 Å². The minimum atomic E-state index is 0.418. The number of nitriles is 1. The molecule has 5 heteroatoms. The van der Waals surface area contributed by atoms with Gasteiger partial charge >= 0.3 is 0 Å². The van der Waals surface area contributed by atoms with Crippen LogP contribution in [0, 0.1) is 11.3 Å². The van der Waals surface area contributed by atoms with Crippen molar-refractivity contribution >= 4 is 11.5 Å². The number of anilines is 2. The zero-order valence-electron chi connectivity index (χ0n) is 17.7. The number of benzene rings is 1. The molecule has 152 valence electrons. The van der Waals surface area contributed by atoms with E-state index in [2.05, 4.69) is 30.9 Å². The molecule has 0 spiro atoms. The molecule has 0 amide bonds. The molecule has 2 N–H and O–H groups in total. The average Bonchev–Trinajstić information content (AvgIpc) is 2.70. The van der Waals surface area contributed by atoms with Gasteiger partial charge in [0.25, 0.3) is 0 Å². The highest BCUT2D eigenvalue weighted by Gasteiger charge is 2.25. The van der Waals surface area contributed by atoms with Gasteiger partial charge < -0.3 is 10.6 Å². The summed E-state index contributed by atoms with van der Waals surface area (Å²) in [6.45, 7) is 6.55. The van der Waals surface area contributed by atoms with E-state index >= 15 is 0 Å². The topological polar surface area (TPSA) is 78.8 Å². The van der Waals surface area contributed by atoms with Crippen LogP contribution in [0.3, 0.4) is 0 Å². The van der Waals surface area contributed by atoms with Gasteiger partial charge in [-0.25, -0.2) is 9.97 Å². The van der Waals surface area contributed by atoms with Crippen LogP contribution in [0.1, 0.15) is 85.6 Å². The molecule has 1 unspecified atom stereocenters. The Morgan fingerprint density at radius 1 is 1.14 bits per heavy atom. The fourth-order valence-corrected chi connectivity index (χ4v) is 4.64. The number of rotatable bonds is 2. The third-order valence-corrected chi connectivity index (χ3v) is 6.52. The summed E-state index contributed by atoms with van der Waals surface area (Å²) in [6.07, 6.45) is 8.46. The summed E-state index contributed by atoms with van der Waals surface area (Å²) in [4.78, 5) is 12.3. The Balaban J connectivity index is 1.90. The van der Waals surface area contributed by atoms with Crippen molar-refractivity contribution in [1.29, 1.82) is 5.26 Å². The molecule has 0 bridgehead atoms. The maximum absolute atomic E-state index is 9.87. The molecule has 0 saturated carbocycles. The normalized spacial score (nSPS) is 19.3. The first-order valence-corrected chi connectivity index (χ1v) is 11.1. The molecule has 1 aliphatic heterocycles. The summed E-state index contributed by atoms with van der Waals surface area (Å²) < 4.78 is 0. The van der Waals surface area contributed by atoms with E-state index in [4.69, 9.17) is 15.7 Å². The predicted octanol–water partition coefficient (Wildman–Crippen LogP) is 4.51. The van der Waals surface area contributed by atoms with E-state index in [0.717, 1.165) is 55.3 Å². The molecule has 2 aliphatic rings. The summed E-state index contributed by atoms with van der Waals surface area (Å²) in [6, 6.07) is 6.42. The van der Waals surface area contributed by atoms with Gasteiger partial charge in [-0.1, -0.05) is 32.8 Å². The minimum absolute atomic E-state index is 0.418. The lowest BCUT2D eigenvalue weighted by atomic mass is 9.86. The van der Waals surface area contributed by atoms with Crippen LogP contribution in [0.5, 0.6) is 0 Å². The van der Waals surface area contributed by atoms with E-state index in [-0.39, 0.29) is 0 Å². The van der Waals surface area contributed by atoms with E-state index in [1.807, 2.05) is 6.07 Å². The Hall–Kier alpha value is -2.61. The molecular weight excluding hydrogens is 358 g/mol. The van der Waals surface area contributed by atoms with Crippen LogP contribution in [-0.4, -0.2) is 23.1 Å². The van der Waals surface area contributed by atoms with Crippen LogP contribution >= 0.6 is 0 Å². The quantitative estimate of drug-likeness (QED) is 0.764. The molecule has 1 aliphatic carbocycles. The van der Waals surface area contributed by atoms with Crippen molar-refractivity contribution < 1.29 is 0 Å². The van der Waals surface area contributed by atoms with Gasteiger partial charge in [0.1, 0.15) is 17.7 Å². The maximum Gasteiger partial charge on any atom is 0.135 e. The Morgan fingerprint density at radius 3 is 2.66 bits per heavy atom. The van der Waals surface area contributed by atoms with Gasteiger partial charge in [0.05, 0.1) is 11.3 Å². The lowest BCUT2D eigenvalue weighted by molar-refractivity contribution is 0.578. The third kappa shape index (κ3) is 3.81. The van der Waals surface area contributed by atoms with Gasteiger partial charge in [-0.3, -0.25) is 0 Å². The predicted molar refractivity (Wildman–Crippen MR) is 117 cm³/mol. The first kappa shape index (κ1) is 19.7. The van der Waals surface area contributed by atoms with Crippen LogP contribution in [0.2, 0.25) is 0 Å². The third-order valence-electron chi connectivity index (χ3n) is 6.52. The minimum Gasteiger partial charge on any atom is -0.398 e.